The highest BCUT2D eigenvalue weighted by Gasteiger charge is 2.39. The van der Waals surface area contributed by atoms with E-state index in [0.29, 0.717) is 38.3 Å². The Morgan fingerprint density at radius 2 is 1.70 bits per heavy atom. The number of rotatable bonds is 3. The summed E-state index contributed by atoms with van der Waals surface area (Å²) in [5, 5.41) is 2.98. The van der Waals surface area contributed by atoms with Crippen LogP contribution in [0.3, 0.4) is 0 Å². The van der Waals surface area contributed by atoms with Crippen LogP contribution in [0.5, 0.6) is 0 Å². The summed E-state index contributed by atoms with van der Waals surface area (Å²) < 4.78 is 53.9. The average molecular weight is 379 g/mol. The summed E-state index contributed by atoms with van der Waals surface area (Å²) in [5.74, 6) is -1.50. The molecule has 7 heteroatoms. The molecule has 0 spiro atoms. The van der Waals surface area contributed by atoms with Gasteiger partial charge in [-0.15, -0.1) is 0 Å². The van der Waals surface area contributed by atoms with Gasteiger partial charge in [-0.25, -0.2) is 4.39 Å². The first-order valence-electron chi connectivity index (χ1n) is 9.02. The molecule has 3 nitrogen and oxygen atoms in total. The number of nitrogens with zero attached hydrogens (tertiary/aromatic N) is 2. The summed E-state index contributed by atoms with van der Waals surface area (Å²) in [6.45, 7) is 2.63. The van der Waals surface area contributed by atoms with E-state index >= 15 is 4.39 Å². The Bertz CT molecular complexity index is 788. The molecule has 0 aromatic heterocycles. The standard InChI is InChI=1S/C20H21F4N3/c21-19(13-15-4-1-2-7-18(15)25-19)14-26-8-10-27(11-9-26)17-6-3-5-16(12-17)20(22,23)24/h1-7,12,25H,8-11,13-14H2. The second kappa shape index (κ2) is 6.71. The molecule has 144 valence electrons. The molecule has 0 radical (unpaired) electrons. The van der Waals surface area contributed by atoms with E-state index in [4.69, 9.17) is 0 Å². The smallest absolute Gasteiger partial charge is 0.369 e. The van der Waals surface area contributed by atoms with Crippen molar-refractivity contribution in [3.63, 3.8) is 0 Å². The van der Waals surface area contributed by atoms with Crippen molar-refractivity contribution in [2.24, 2.45) is 0 Å². The molecule has 0 aliphatic carbocycles. The molecule has 1 atom stereocenters. The minimum Gasteiger partial charge on any atom is -0.369 e. The lowest BCUT2D eigenvalue weighted by molar-refractivity contribution is -0.137. The highest BCUT2D eigenvalue weighted by Crippen LogP contribution is 2.35. The van der Waals surface area contributed by atoms with Crippen LogP contribution in [0.4, 0.5) is 28.9 Å². The van der Waals surface area contributed by atoms with E-state index < -0.39 is 17.5 Å². The number of benzene rings is 2. The largest absolute Gasteiger partial charge is 0.416 e. The van der Waals surface area contributed by atoms with E-state index in [1.165, 1.54) is 12.1 Å². The number of alkyl halides is 4. The molecule has 1 N–H and O–H groups in total. The molecule has 0 amide bonds. The van der Waals surface area contributed by atoms with Crippen molar-refractivity contribution in [2.75, 3.05) is 42.9 Å². The van der Waals surface area contributed by atoms with Crippen molar-refractivity contribution >= 4 is 11.4 Å². The van der Waals surface area contributed by atoms with Gasteiger partial charge in [-0.1, -0.05) is 24.3 Å². The predicted molar refractivity (Wildman–Crippen MR) is 97.7 cm³/mol. The number of hydrogen-bond donors (Lipinski definition) is 1. The highest BCUT2D eigenvalue weighted by molar-refractivity contribution is 5.58. The Morgan fingerprint density at radius 1 is 0.963 bits per heavy atom. The van der Waals surface area contributed by atoms with Gasteiger partial charge in [-0.2, -0.15) is 13.2 Å². The van der Waals surface area contributed by atoms with E-state index in [2.05, 4.69) is 5.32 Å². The fourth-order valence-corrected chi connectivity index (χ4v) is 3.88. The third-order valence-corrected chi connectivity index (χ3v) is 5.23. The second-order valence-electron chi connectivity index (χ2n) is 7.24. The van der Waals surface area contributed by atoms with E-state index in [0.717, 1.165) is 17.3 Å². The molecule has 1 saturated heterocycles. The van der Waals surface area contributed by atoms with Gasteiger partial charge in [0.2, 0.25) is 0 Å². The molecular formula is C20H21F4N3. The summed E-state index contributed by atoms with van der Waals surface area (Å²) in [5.41, 5.74) is 1.73. The van der Waals surface area contributed by atoms with E-state index in [-0.39, 0.29) is 6.54 Å². The van der Waals surface area contributed by atoms with E-state index in [1.807, 2.05) is 34.1 Å². The maximum Gasteiger partial charge on any atom is 0.416 e. The monoisotopic (exact) mass is 379 g/mol. The summed E-state index contributed by atoms with van der Waals surface area (Å²) in [7, 11) is 0. The zero-order valence-corrected chi connectivity index (χ0v) is 14.8. The van der Waals surface area contributed by atoms with Crippen molar-refractivity contribution in [1.82, 2.24) is 4.90 Å². The fourth-order valence-electron chi connectivity index (χ4n) is 3.88. The first-order chi connectivity index (χ1) is 12.8. The van der Waals surface area contributed by atoms with E-state index in [1.54, 1.807) is 6.07 Å². The molecule has 2 aliphatic rings. The summed E-state index contributed by atoms with van der Waals surface area (Å²) in [6.07, 6.45) is -4.02. The Morgan fingerprint density at radius 3 is 2.41 bits per heavy atom. The lowest BCUT2D eigenvalue weighted by Gasteiger charge is -2.38. The Balaban J connectivity index is 1.36. The minimum atomic E-state index is -4.35. The molecule has 0 bridgehead atoms. The maximum atomic E-state index is 15.2. The number of nitrogens with one attached hydrogen (secondary N) is 1. The first-order valence-corrected chi connectivity index (χ1v) is 9.02. The molecular weight excluding hydrogens is 358 g/mol. The van der Waals surface area contributed by atoms with Crippen molar-refractivity contribution in [3.05, 3.63) is 59.7 Å². The molecule has 4 rings (SSSR count). The van der Waals surface area contributed by atoms with Gasteiger partial charge >= 0.3 is 6.18 Å². The molecule has 0 saturated carbocycles. The van der Waals surface area contributed by atoms with Crippen LogP contribution in [0.15, 0.2) is 48.5 Å². The number of fused-ring (bicyclic) bond motifs is 1. The minimum absolute atomic E-state index is 0.262. The number of anilines is 2. The topological polar surface area (TPSA) is 18.5 Å². The Labute approximate surface area is 155 Å². The zero-order chi connectivity index (χ0) is 19.1. The Kier molecular flexibility index (Phi) is 4.50. The predicted octanol–water partition coefficient (Wildman–Crippen LogP) is 4.16. The zero-order valence-electron chi connectivity index (χ0n) is 14.8. The summed E-state index contributed by atoms with van der Waals surface area (Å²) in [6, 6.07) is 13.0. The average Bonchev–Trinajstić information content (AvgIpc) is 2.97. The lowest BCUT2D eigenvalue weighted by atomic mass is 10.1. The van der Waals surface area contributed by atoms with Crippen LogP contribution in [0, 0.1) is 0 Å². The van der Waals surface area contributed by atoms with Gasteiger partial charge in [-0.05, 0) is 29.8 Å². The van der Waals surface area contributed by atoms with Gasteiger partial charge in [0.1, 0.15) is 0 Å². The molecule has 27 heavy (non-hydrogen) atoms. The van der Waals surface area contributed by atoms with Crippen LogP contribution in [0.2, 0.25) is 0 Å². The molecule has 2 aromatic rings. The highest BCUT2D eigenvalue weighted by atomic mass is 19.4. The van der Waals surface area contributed by atoms with Crippen molar-refractivity contribution in [3.8, 4) is 0 Å². The van der Waals surface area contributed by atoms with Crippen molar-refractivity contribution in [1.29, 1.82) is 0 Å². The van der Waals surface area contributed by atoms with Crippen molar-refractivity contribution in [2.45, 2.75) is 18.4 Å². The quantitative estimate of drug-likeness (QED) is 0.638. The second-order valence-corrected chi connectivity index (χ2v) is 7.24. The van der Waals surface area contributed by atoms with Gasteiger partial charge in [0.25, 0.3) is 0 Å². The van der Waals surface area contributed by atoms with Crippen LogP contribution >= 0.6 is 0 Å². The lowest BCUT2D eigenvalue weighted by Crippen LogP contribution is -2.52. The molecule has 2 heterocycles. The Hall–Kier alpha value is -2.28. The van der Waals surface area contributed by atoms with Gasteiger partial charge in [0.05, 0.1) is 12.1 Å². The number of para-hydroxylation sites is 1. The molecule has 2 aliphatic heterocycles. The molecule has 1 fully saturated rings. The first kappa shape index (κ1) is 18.1. The van der Waals surface area contributed by atoms with Crippen LogP contribution in [0.25, 0.3) is 0 Å². The van der Waals surface area contributed by atoms with Gasteiger partial charge in [-0.3, -0.25) is 4.90 Å². The molecule has 1 unspecified atom stereocenters. The summed E-state index contributed by atoms with van der Waals surface area (Å²) in [4.78, 5) is 3.95. The van der Waals surface area contributed by atoms with Gasteiger partial charge in [0.15, 0.2) is 5.79 Å². The van der Waals surface area contributed by atoms with Crippen LogP contribution in [-0.4, -0.2) is 43.4 Å². The van der Waals surface area contributed by atoms with Gasteiger partial charge in [0, 0.05) is 44.0 Å². The molecule has 2 aromatic carbocycles. The third-order valence-electron chi connectivity index (χ3n) is 5.23. The number of hydrogen-bond acceptors (Lipinski definition) is 3. The fraction of sp³-hybridized carbons (Fsp3) is 0.400. The van der Waals surface area contributed by atoms with Crippen molar-refractivity contribution < 1.29 is 17.6 Å². The summed E-state index contributed by atoms with van der Waals surface area (Å²) >= 11 is 0. The SMILES string of the molecule is FC1(CN2CCN(c3cccc(C(F)(F)F)c3)CC2)Cc2ccccc2N1. The van der Waals surface area contributed by atoms with Crippen LogP contribution in [0.1, 0.15) is 11.1 Å². The number of piperazine rings is 1. The van der Waals surface area contributed by atoms with Gasteiger partial charge < -0.3 is 10.2 Å². The van der Waals surface area contributed by atoms with E-state index in [9.17, 15) is 13.2 Å². The van der Waals surface area contributed by atoms with Crippen LogP contribution in [-0.2, 0) is 12.6 Å². The number of halogens is 4. The maximum absolute atomic E-state index is 15.2. The van der Waals surface area contributed by atoms with Crippen LogP contribution < -0.4 is 10.2 Å². The third kappa shape index (κ3) is 3.88. The normalized spacial score (nSPS) is 23.2.